The van der Waals surface area contributed by atoms with Gasteiger partial charge in [-0.2, -0.15) is 0 Å². The van der Waals surface area contributed by atoms with E-state index in [2.05, 4.69) is 0 Å². The van der Waals surface area contributed by atoms with E-state index in [1.54, 1.807) is 12.1 Å². The third kappa shape index (κ3) is 8.98. The zero-order chi connectivity index (χ0) is 43.7. The van der Waals surface area contributed by atoms with Crippen molar-refractivity contribution in [3.8, 4) is 0 Å². The lowest BCUT2D eigenvalue weighted by Crippen LogP contribution is -2.41. The summed E-state index contributed by atoms with van der Waals surface area (Å²) in [7, 11) is -1.68. The first-order valence-corrected chi connectivity index (χ1v) is 15.8. The maximum Gasteiger partial charge on any atom is 0.494 e. The maximum absolute atomic E-state index is 7.62. The van der Waals surface area contributed by atoms with Gasteiger partial charge in [0.1, 0.15) is 0 Å². The van der Waals surface area contributed by atoms with Crippen molar-refractivity contribution in [2.24, 2.45) is 0 Å². The van der Waals surface area contributed by atoms with Crippen LogP contribution in [0.3, 0.4) is 0 Å². The highest BCUT2D eigenvalue weighted by Gasteiger charge is 2.63. The van der Waals surface area contributed by atoms with E-state index in [1.165, 1.54) is 24.3 Å². The second-order valence-electron chi connectivity index (χ2n) is 14.3. The van der Waals surface area contributed by atoms with Crippen molar-refractivity contribution in [2.45, 2.75) is 152 Å². The number of hydrogen-bond acceptors (Lipinski definition) is 6. The van der Waals surface area contributed by atoms with Crippen molar-refractivity contribution in [1.82, 2.24) is 0 Å². The SMILES string of the molecule is C.CC1(C)OB(B2OC(C)(C)C(C)(C)O2)OC1(C)C.[2H]C([2H])([2H])c1ccc(B2OC(C)(C)C(C)(C)O2)cc1C([2H])([2H])[2H].[2H]C([2H])([2H])c1ccc(I)cc1C([2H])([2H])[2H]. The lowest BCUT2D eigenvalue weighted by Gasteiger charge is -2.32. The molecule has 0 spiro atoms. The first-order valence-electron chi connectivity index (χ1n) is 20.7. The Balaban J connectivity index is 0.000000300. The highest BCUT2D eigenvalue weighted by atomic mass is 127. The van der Waals surface area contributed by atoms with Crippen LogP contribution in [0, 0.1) is 31.0 Å². The Kier molecular flexibility index (Phi) is 7.78. The molecule has 0 N–H and O–H groups in total. The van der Waals surface area contributed by atoms with Gasteiger partial charge in [0.25, 0.3) is 0 Å². The average molecular weight is 746 g/mol. The van der Waals surface area contributed by atoms with E-state index in [0.717, 1.165) is 0 Å². The molecule has 6 nitrogen and oxygen atoms in total. The second kappa shape index (κ2) is 13.9. The van der Waals surface area contributed by atoms with Gasteiger partial charge in [0, 0.05) is 20.0 Å². The van der Waals surface area contributed by atoms with Crippen LogP contribution in [0.25, 0.3) is 0 Å². The van der Waals surface area contributed by atoms with Gasteiger partial charge in [-0.3, -0.25) is 0 Å². The van der Waals surface area contributed by atoms with Crippen molar-refractivity contribution in [2.75, 3.05) is 0 Å². The van der Waals surface area contributed by atoms with Crippen molar-refractivity contribution in [3.63, 3.8) is 0 Å². The molecule has 3 aliphatic rings. The molecule has 0 radical (unpaired) electrons. The largest absolute Gasteiger partial charge is 0.494 e. The minimum atomic E-state index is -2.52. The summed E-state index contributed by atoms with van der Waals surface area (Å²) in [6.45, 7) is 14.0. The zero-order valence-electron chi connectivity index (χ0n) is 40.0. The van der Waals surface area contributed by atoms with Gasteiger partial charge in [0.15, 0.2) is 0 Å². The molecule has 3 heterocycles. The summed E-state index contributed by atoms with van der Waals surface area (Å²) in [5, 5.41) is 0. The summed E-state index contributed by atoms with van der Waals surface area (Å²) in [6.07, 6.45) is 0. The van der Waals surface area contributed by atoms with E-state index >= 15 is 0 Å². The zero-order valence-corrected chi connectivity index (χ0v) is 30.2. The molecule has 0 unspecified atom stereocenters. The quantitative estimate of drug-likeness (QED) is 0.228. The van der Waals surface area contributed by atoms with Crippen LogP contribution in [0.2, 0.25) is 0 Å². The van der Waals surface area contributed by atoms with Crippen molar-refractivity contribution >= 4 is 49.2 Å². The third-order valence-corrected chi connectivity index (χ3v) is 9.99. The number of rotatable bonds is 2. The van der Waals surface area contributed by atoms with Crippen LogP contribution in [0.15, 0.2) is 36.4 Å². The molecule has 2 aromatic carbocycles. The third-order valence-electron chi connectivity index (χ3n) is 9.32. The summed E-state index contributed by atoms with van der Waals surface area (Å²) in [6, 6.07) is 8.59. The van der Waals surface area contributed by atoms with Crippen LogP contribution in [-0.2, 0) is 27.9 Å². The Bertz CT molecular complexity index is 1640. The highest BCUT2D eigenvalue weighted by Crippen LogP contribution is 2.43. The standard InChI is InChI=1S/C14H21BO2.C12H24B2O4.C8H9I.CH4/c1-10-7-8-12(9-11(10)2)15-16-13(3,4)14(5,6)17-15;1-9(2)10(3,4)16-13(15-9)14-17-11(5,6)12(7,8)18-14;1-6-3-4-8(9)5-7(6)2;/h7-9H,1-6H3;1-8H3;3-5H,1-2H3;1H4/i1D3,2D3;;1D3,2D3;. The predicted molar refractivity (Wildman–Crippen MR) is 199 cm³/mol. The molecule has 0 aliphatic carbocycles. The van der Waals surface area contributed by atoms with Crippen molar-refractivity contribution in [3.05, 3.63) is 62.2 Å². The lowest BCUT2D eigenvalue weighted by atomic mass is 9.49. The van der Waals surface area contributed by atoms with Crippen molar-refractivity contribution < 1.29 is 44.4 Å². The van der Waals surface area contributed by atoms with Crippen molar-refractivity contribution in [1.29, 1.82) is 0 Å². The second-order valence-corrected chi connectivity index (χ2v) is 15.6. The van der Waals surface area contributed by atoms with Crippen LogP contribution >= 0.6 is 22.6 Å². The molecule has 0 bridgehead atoms. The first kappa shape index (κ1) is 25.1. The van der Waals surface area contributed by atoms with E-state index in [-0.39, 0.29) is 52.1 Å². The lowest BCUT2D eigenvalue weighted by molar-refractivity contribution is 0.00578. The molecule has 3 fully saturated rings. The van der Waals surface area contributed by atoms with Gasteiger partial charge < -0.3 is 27.9 Å². The number of halogens is 1. The van der Waals surface area contributed by atoms with Gasteiger partial charge in [-0.15, -0.1) is 0 Å². The fourth-order valence-corrected chi connectivity index (χ4v) is 4.69. The Hall–Kier alpha value is -0.875. The topological polar surface area (TPSA) is 55.4 Å². The molecule has 0 atom stereocenters. The summed E-state index contributed by atoms with van der Waals surface area (Å²) in [4.78, 5) is 0. The molecule has 5 rings (SSSR count). The molecular weight excluding hydrogens is 676 g/mol. The molecule has 10 heteroatoms. The van der Waals surface area contributed by atoms with E-state index in [4.69, 9.17) is 44.4 Å². The highest BCUT2D eigenvalue weighted by molar-refractivity contribution is 14.1. The summed E-state index contributed by atoms with van der Waals surface area (Å²) in [5.74, 6) is 0. The van der Waals surface area contributed by atoms with E-state index in [1.807, 2.05) is 106 Å². The molecular formula is C35H58B3IO6. The number of aryl methyl sites for hydroxylation is 4. The van der Waals surface area contributed by atoms with Gasteiger partial charge in [0.05, 0.1) is 33.6 Å². The van der Waals surface area contributed by atoms with Crippen LogP contribution in [-0.4, -0.2) is 54.7 Å². The van der Waals surface area contributed by atoms with Crippen LogP contribution in [0.5, 0.6) is 0 Å². The summed E-state index contributed by atoms with van der Waals surface area (Å²) >= 11 is 1.96. The van der Waals surface area contributed by atoms with Gasteiger partial charge >= 0.3 is 21.1 Å². The number of benzene rings is 2. The van der Waals surface area contributed by atoms with Crippen LogP contribution in [0.1, 0.15) is 129 Å². The fraction of sp³-hybridized carbons (Fsp3) is 0.657. The Morgan fingerprint density at radius 2 is 0.822 bits per heavy atom. The Morgan fingerprint density at radius 3 is 1.20 bits per heavy atom. The molecule has 0 aromatic heterocycles. The smallest absolute Gasteiger partial charge is 0.405 e. The molecule has 250 valence electrons. The van der Waals surface area contributed by atoms with E-state index < -0.39 is 59.7 Å². The van der Waals surface area contributed by atoms with Gasteiger partial charge in [-0.05, 0) is 173 Å². The molecule has 0 saturated carbocycles. The van der Waals surface area contributed by atoms with Crippen LogP contribution in [0.4, 0.5) is 0 Å². The predicted octanol–water partition coefficient (Wildman–Crippen LogP) is 8.40. The fourth-order valence-electron chi connectivity index (χ4n) is 4.20. The van der Waals surface area contributed by atoms with E-state index in [9.17, 15) is 0 Å². The first-order chi connectivity index (χ1) is 24.7. The Morgan fingerprint density at radius 1 is 0.489 bits per heavy atom. The normalized spacial score (nSPS) is 28.1. The summed E-state index contributed by atoms with van der Waals surface area (Å²) < 4.78 is 125. The molecule has 3 saturated heterocycles. The van der Waals surface area contributed by atoms with E-state index in [0.29, 0.717) is 9.03 Å². The van der Waals surface area contributed by atoms with Gasteiger partial charge in [-0.25, -0.2) is 0 Å². The van der Waals surface area contributed by atoms with Crippen LogP contribution < -0.4 is 5.46 Å². The van der Waals surface area contributed by atoms with Gasteiger partial charge in [0.2, 0.25) is 0 Å². The molecule has 2 aromatic rings. The molecule has 0 amide bonds. The maximum atomic E-state index is 7.62. The molecule has 3 aliphatic heterocycles. The number of hydrogen-bond donors (Lipinski definition) is 0. The monoisotopic (exact) mass is 746 g/mol. The minimum Gasteiger partial charge on any atom is -0.405 e. The Labute approximate surface area is 306 Å². The average Bonchev–Trinajstić information content (AvgIpc) is 3.44. The minimum absolute atomic E-state index is 0. The summed E-state index contributed by atoms with van der Waals surface area (Å²) in [5.41, 5.74) is -2.59. The van der Waals surface area contributed by atoms with Gasteiger partial charge in [-0.1, -0.05) is 31.7 Å². The molecule has 45 heavy (non-hydrogen) atoms.